The van der Waals surface area contributed by atoms with Gasteiger partial charge in [0, 0.05) is 0 Å². The molecule has 0 bridgehead atoms. The molecule has 0 heterocycles. The van der Waals surface area contributed by atoms with Crippen LogP contribution in [0.1, 0.15) is 6.92 Å². The molecule has 4 N–H and O–H groups in total. The number of carboxylic acid groups (broad SMARTS) is 1. The van der Waals surface area contributed by atoms with Crippen molar-refractivity contribution in [1.29, 1.82) is 0 Å². The highest BCUT2D eigenvalue weighted by Crippen LogP contribution is 1.97. The fraction of sp³-hybridized carbons (Fsp3) is 0.333. The summed E-state index contributed by atoms with van der Waals surface area (Å²) in [4.78, 5) is 20.4. The molecule has 0 aliphatic heterocycles. The predicted octanol–water partition coefficient (Wildman–Crippen LogP) is -0.316. The van der Waals surface area contributed by atoms with Gasteiger partial charge in [-0.1, -0.05) is 6.58 Å². The van der Waals surface area contributed by atoms with Gasteiger partial charge in [-0.3, -0.25) is 0 Å². The lowest BCUT2D eigenvalue weighted by atomic mass is 10.1. The van der Waals surface area contributed by atoms with Crippen molar-refractivity contribution in [2.75, 3.05) is 0 Å². The summed E-state index contributed by atoms with van der Waals surface area (Å²) in [6.07, 6.45) is 0. The third kappa shape index (κ3) is 3.24. The zero-order chi connectivity index (χ0) is 9.02. The van der Waals surface area contributed by atoms with Gasteiger partial charge in [-0.2, -0.15) is 0 Å². The summed E-state index contributed by atoms with van der Waals surface area (Å²) >= 11 is 0. The van der Waals surface area contributed by atoms with Crippen molar-refractivity contribution < 1.29 is 14.7 Å². The fourth-order valence-electron chi connectivity index (χ4n) is 0.486. The molecule has 0 aromatic heterocycles. The van der Waals surface area contributed by atoms with Crippen LogP contribution >= 0.6 is 0 Å². The Morgan fingerprint density at radius 1 is 1.64 bits per heavy atom. The van der Waals surface area contributed by atoms with Crippen molar-refractivity contribution in [2.45, 2.75) is 13.0 Å². The SMILES string of the molecule is C=C(C(=O)O)C(C)NC(N)=O. The lowest BCUT2D eigenvalue weighted by Gasteiger charge is -2.10. The van der Waals surface area contributed by atoms with Gasteiger partial charge in [0.25, 0.3) is 0 Å². The fourth-order valence-corrected chi connectivity index (χ4v) is 0.486. The first-order chi connectivity index (χ1) is 4.95. The van der Waals surface area contributed by atoms with E-state index in [0.717, 1.165) is 0 Å². The van der Waals surface area contributed by atoms with Crippen LogP contribution in [0.3, 0.4) is 0 Å². The minimum atomic E-state index is -1.15. The molecule has 0 rings (SSSR count). The first-order valence-electron chi connectivity index (χ1n) is 2.93. The van der Waals surface area contributed by atoms with Gasteiger partial charge in [0.1, 0.15) is 0 Å². The molecule has 0 aromatic carbocycles. The van der Waals surface area contributed by atoms with Gasteiger partial charge in [-0.05, 0) is 6.92 Å². The highest BCUT2D eigenvalue weighted by atomic mass is 16.4. The topological polar surface area (TPSA) is 92.4 Å². The zero-order valence-electron chi connectivity index (χ0n) is 6.13. The van der Waals surface area contributed by atoms with Crippen LogP contribution in [-0.2, 0) is 4.79 Å². The summed E-state index contributed by atoms with van der Waals surface area (Å²) < 4.78 is 0. The molecule has 0 aromatic rings. The molecular formula is C6H10N2O3. The van der Waals surface area contributed by atoms with E-state index in [1.807, 2.05) is 0 Å². The molecule has 11 heavy (non-hydrogen) atoms. The molecule has 2 amide bonds. The van der Waals surface area contributed by atoms with Crippen LogP contribution in [-0.4, -0.2) is 23.1 Å². The molecule has 1 atom stereocenters. The minimum Gasteiger partial charge on any atom is -0.478 e. The van der Waals surface area contributed by atoms with E-state index in [1.165, 1.54) is 6.92 Å². The first kappa shape index (κ1) is 9.48. The Bertz CT molecular complexity index is 200. The molecule has 1 unspecified atom stereocenters. The Kier molecular flexibility index (Phi) is 3.10. The molecule has 0 saturated heterocycles. The maximum absolute atomic E-state index is 10.2. The zero-order valence-corrected chi connectivity index (χ0v) is 6.13. The number of hydrogen-bond donors (Lipinski definition) is 3. The van der Waals surface area contributed by atoms with Crippen molar-refractivity contribution in [3.05, 3.63) is 12.2 Å². The number of urea groups is 1. The van der Waals surface area contributed by atoms with E-state index in [4.69, 9.17) is 10.8 Å². The second-order valence-electron chi connectivity index (χ2n) is 2.06. The second kappa shape index (κ2) is 3.60. The molecule has 0 aliphatic rings. The number of hydrogen-bond acceptors (Lipinski definition) is 2. The Morgan fingerprint density at radius 3 is 2.36 bits per heavy atom. The van der Waals surface area contributed by atoms with Crippen LogP contribution in [0.4, 0.5) is 4.79 Å². The molecule has 0 aliphatic carbocycles. The number of amides is 2. The average molecular weight is 158 g/mol. The molecule has 0 spiro atoms. The van der Waals surface area contributed by atoms with Gasteiger partial charge in [0.05, 0.1) is 11.6 Å². The molecule has 0 radical (unpaired) electrons. The normalized spacial score (nSPS) is 11.7. The minimum absolute atomic E-state index is 0.0937. The van der Waals surface area contributed by atoms with E-state index in [9.17, 15) is 9.59 Å². The van der Waals surface area contributed by atoms with Gasteiger partial charge in [-0.15, -0.1) is 0 Å². The summed E-state index contributed by atoms with van der Waals surface area (Å²) in [6, 6.07) is -1.40. The third-order valence-corrected chi connectivity index (χ3v) is 1.16. The number of nitrogens with one attached hydrogen (secondary N) is 1. The van der Waals surface area contributed by atoms with Gasteiger partial charge in [0.15, 0.2) is 0 Å². The Labute approximate surface area is 63.9 Å². The number of carboxylic acids is 1. The van der Waals surface area contributed by atoms with E-state index >= 15 is 0 Å². The number of carbonyl (C=O) groups is 2. The lowest BCUT2D eigenvalue weighted by molar-refractivity contribution is -0.132. The number of aliphatic carboxylic acids is 1. The van der Waals surface area contributed by atoms with Crippen LogP contribution in [0.25, 0.3) is 0 Å². The Balaban J connectivity index is 4.03. The first-order valence-corrected chi connectivity index (χ1v) is 2.93. The Hall–Kier alpha value is -1.52. The van der Waals surface area contributed by atoms with Crippen molar-refractivity contribution in [1.82, 2.24) is 5.32 Å². The number of nitrogens with two attached hydrogens (primary N) is 1. The summed E-state index contributed by atoms with van der Waals surface area (Å²) in [7, 11) is 0. The van der Waals surface area contributed by atoms with Gasteiger partial charge in [0.2, 0.25) is 0 Å². The van der Waals surface area contributed by atoms with Crippen LogP contribution in [0.2, 0.25) is 0 Å². The largest absolute Gasteiger partial charge is 0.478 e. The molecule has 5 nitrogen and oxygen atoms in total. The average Bonchev–Trinajstić information content (AvgIpc) is 1.84. The summed E-state index contributed by atoms with van der Waals surface area (Å²) in [6.45, 7) is 4.72. The van der Waals surface area contributed by atoms with Crippen molar-refractivity contribution in [3.63, 3.8) is 0 Å². The monoisotopic (exact) mass is 158 g/mol. The highest BCUT2D eigenvalue weighted by molar-refractivity contribution is 5.88. The van der Waals surface area contributed by atoms with Gasteiger partial charge >= 0.3 is 12.0 Å². The van der Waals surface area contributed by atoms with Gasteiger partial charge < -0.3 is 16.2 Å². The van der Waals surface area contributed by atoms with Crippen molar-refractivity contribution >= 4 is 12.0 Å². The van der Waals surface area contributed by atoms with Crippen LogP contribution < -0.4 is 11.1 Å². The van der Waals surface area contributed by atoms with E-state index in [1.54, 1.807) is 0 Å². The lowest BCUT2D eigenvalue weighted by Crippen LogP contribution is -2.39. The maximum atomic E-state index is 10.2. The van der Waals surface area contributed by atoms with E-state index in [0.29, 0.717) is 0 Å². The van der Waals surface area contributed by atoms with Crippen LogP contribution in [0.5, 0.6) is 0 Å². The predicted molar refractivity (Wildman–Crippen MR) is 39.0 cm³/mol. The maximum Gasteiger partial charge on any atom is 0.333 e. The standard InChI is InChI=1S/C6H10N2O3/c1-3(5(9)10)4(2)8-6(7)11/h4H,1H2,2H3,(H,9,10)(H3,7,8,11). The van der Waals surface area contributed by atoms with Crippen LogP contribution in [0, 0.1) is 0 Å². The van der Waals surface area contributed by atoms with Crippen molar-refractivity contribution in [3.8, 4) is 0 Å². The number of carbonyl (C=O) groups excluding carboxylic acids is 1. The summed E-state index contributed by atoms with van der Waals surface area (Å²) in [5.41, 5.74) is 4.65. The molecule has 5 heteroatoms. The van der Waals surface area contributed by atoms with E-state index in [2.05, 4.69) is 11.9 Å². The van der Waals surface area contributed by atoms with Crippen molar-refractivity contribution in [2.24, 2.45) is 5.73 Å². The molecule has 62 valence electrons. The number of rotatable bonds is 3. The van der Waals surface area contributed by atoms with Crippen LogP contribution in [0.15, 0.2) is 12.2 Å². The van der Waals surface area contributed by atoms with E-state index in [-0.39, 0.29) is 5.57 Å². The summed E-state index contributed by atoms with van der Waals surface area (Å²) in [5.74, 6) is -1.15. The Morgan fingerprint density at radius 2 is 2.09 bits per heavy atom. The molecule has 0 fully saturated rings. The van der Waals surface area contributed by atoms with E-state index < -0.39 is 18.0 Å². The highest BCUT2D eigenvalue weighted by Gasteiger charge is 2.13. The summed E-state index contributed by atoms with van der Waals surface area (Å²) in [5, 5.41) is 10.6. The molecule has 0 saturated carbocycles. The number of primary amides is 1. The quantitative estimate of drug-likeness (QED) is 0.491. The third-order valence-electron chi connectivity index (χ3n) is 1.16. The van der Waals surface area contributed by atoms with Gasteiger partial charge in [-0.25, -0.2) is 9.59 Å². The molecular weight excluding hydrogens is 148 g/mol. The smallest absolute Gasteiger partial charge is 0.333 e. The second-order valence-corrected chi connectivity index (χ2v) is 2.06.